The van der Waals surface area contributed by atoms with E-state index in [1.807, 2.05) is 0 Å². The summed E-state index contributed by atoms with van der Waals surface area (Å²) in [5.74, 6) is 0.859. The molecule has 0 saturated heterocycles. The lowest BCUT2D eigenvalue weighted by Gasteiger charge is -1.98. The zero-order valence-electron chi connectivity index (χ0n) is 6.70. The summed E-state index contributed by atoms with van der Waals surface area (Å²) in [6.07, 6.45) is 2.80. The number of hydrogen-bond donors (Lipinski definition) is 0. The van der Waals surface area contributed by atoms with Crippen molar-refractivity contribution in [3.05, 3.63) is 17.8 Å². The van der Waals surface area contributed by atoms with E-state index >= 15 is 0 Å². The SMILES string of the molecule is CC(C)Cc1ncoc1C=O. The molecule has 60 valence electrons. The minimum Gasteiger partial charge on any atom is -0.440 e. The minimum absolute atomic E-state index is 0.360. The molecule has 0 amide bonds. The second kappa shape index (κ2) is 3.32. The maximum Gasteiger partial charge on any atom is 0.189 e. The van der Waals surface area contributed by atoms with Crippen molar-refractivity contribution in [1.29, 1.82) is 0 Å². The van der Waals surface area contributed by atoms with Crippen LogP contribution < -0.4 is 0 Å². The molecule has 0 saturated carbocycles. The second-order valence-corrected chi connectivity index (χ2v) is 2.88. The number of nitrogens with zero attached hydrogens (tertiary/aromatic N) is 1. The molecule has 1 heterocycles. The van der Waals surface area contributed by atoms with Crippen LogP contribution in [-0.4, -0.2) is 11.3 Å². The summed E-state index contributed by atoms with van der Waals surface area (Å²) in [6, 6.07) is 0. The Morgan fingerprint density at radius 3 is 3.00 bits per heavy atom. The average molecular weight is 153 g/mol. The predicted molar refractivity (Wildman–Crippen MR) is 40.4 cm³/mol. The summed E-state index contributed by atoms with van der Waals surface area (Å²) in [6.45, 7) is 4.15. The molecule has 0 atom stereocenters. The minimum atomic E-state index is 0.360. The molecule has 1 aromatic heterocycles. The summed E-state index contributed by atoms with van der Waals surface area (Å²) < 4.78 is 4.84. The Hall–Kier alpha value is -1.12. The van der Waals surface area contributed by atoms with E-state index < -0.39 is 0 Å². The number of rotatable bonds is 3. The third kappa shape index (κ3) is 1.90. The molecule has 0 fully saturated rings. The monoisotopic (exact) mass is 153 g/mol. The third-order valence-corrected chi connectivity index (χ3v) is 1.38. The average Bonchev–Trinajstić information content (AvgIpc) is 2.34. The lowest BCUT2D eigenvalue weighted by molar-refractivity contribution is 0.109. The van der Waals surface area contributed by atoms with Gasteiger partial charge in [0.15, 0.2) is 18.4 Å². The molecule has 0 N–H and O–H groups in total. The van der Waals surface area contributed by atoms with E-state index in [0.29, 0.717) is 18.0 Å². The topological polar surface area (TPSA) is 43.1 Å². The summed E-state index contributed by atoms with van der Waals surface area (Å²) in [7, 11) is 0. The first-order valence-corrected chi connectivity index (χ1v) is 3.61. The molecule has 0 spiro atoms. The smallest absolute Gasteiger partial charge is 0.189 e. The molecule has 0 radical (unpaired) electrons. The first-order valence-electron chi connectivity index (χ1n) is 3.61. The highest BCUT2D eigenvalue weighted by molar-refractivity contribution is 5.71. The highest BCUT2D eigenvalue weighted by Crippen LogP contribution is 2.09. The zero-order valence-corrected chi connectivity index (χ0v) is 6.70. The summed E-state index contributed by atoms with van der Waals surface area (Å²) in [4.78, 5) is 14.3. The Labute approximate surface area is 65.4 Å². The van der Waals surface area contributed by atoms with Crippen LogP contribution in [-0.2, 0) is 6.42 Å². The van der Waals surface area contributed by atoms with Gasteiger partial charge in [0, 0.05) is 0 Å². The van der Waals surface area contributed by atoms with E-state index in [4.69, 9.17) is 4.42 Å². The number of aromatic nitrogens is 1. The summed E-state index contributed by atoms with van der Waals surface area (Å²) in [5, 5.41) is 0. The van der Waals surface area contributed by atoms with Crippen LogP contribution in [0.3, 0.4) is 0 Å². The number of oxazole rings is 1. The molecule has 0 aliphatic heterocycles. The maximum absolute atomic E-state index is 10.3. The maximum atomic E-state index is 10.3. The van der Waals surface area contributed by atoms with E-state index in [0.717, 1.165) is 12.1 Å². The first kappa shape index (κ1) is 7.98. The van der Waals surface area contributed by atoms with Crippen LogP contribution in [0.2, 0.25) is 0 Å². The van der Waals surface area contributed by atoms with E-state index in [-0.39, 0.29) is 0 Å². The Balaban J connectivity index is 2.76. The Kier molecular flexibility index (Phi) is 2.41. The van der Waals surface area contributed by atoms with Gasteiger partial charge in [0.25, 0.3) is 0 Å². The van der Waals surface area contributed by atoms with Crippen molar-refractivity contribution >= 4 is 6.29 Å². The molecule has 3 heteroatoms. The van der Waals surface area contributed by atoms with E-state index in [9.17, 15) is 4.79 Å². The van der Waals surface area contributed by atoms with Crippen molar-refractivity contribution in [3.63, 3.8) is 0 Å². The standard InChI is InChI=1S/C8H11NO2/c1-6(2)3-7-8(4-10)11-5-9-7/h4-6H,3H2,1-2H3. The van der Waals surface area contributed by atoms with Crippen LogP contribution in [0.25, 0.3) is 0 Å². The first-order chi connectivity index (χ1) is 5.24. The number of aldehydes is 1. The third-order valence-electron chi connectivity index (χ3n) is 1.38. The van der Waals surface area contributed by atoms with Crippen molar-refractivity contribution in [2.24, 2.45) is 5.92 Å². The fraction of sp³-hybridized carbons (Fsp3) is 0.500. The fourth-order valence-electron chi connectivity index (χ4n) is 0.914. The van der Waals surface area contributed by atoms with Crippen LogP contribution in [0.1, 0.15) is 30.1 Å². The lowest BCUT2D eigenvalue weighted by atomic mass is 10.1. The van der Waals surface area contributed by atoms with Gasteiger partial charge in [-0.2, -0.15) is 0 Å². The zero-order chi connectivity index (χ0) is 8.27. The number of hydrogen-bond acceptors (Lipinski definition) is 3. The van der Waals surface area contributed by atoms with Gasteiger partial charge in [-0.15, -0.1) is 0 Å². The molecule has 0 aromatic carbocycles. The normalized spacial score (nSPS) is 10.5. The summed E-state index contributed by atoms with van der Waals surface area (Å²) in [5.41, 5.74) is 0.759. The number of carbonyl (C=O) groups excluding carboxylic acids is 1. The second-order valence-electron chi connectivity index (χ2n) is 2.88. The van der Waals surface area contributed by atoms with Crippen molar-refractivity contribution < 1.29 is 9.21 Å². The van der Waals surface area contributed by atoms with E-state index in [1.54, 1.807) is 0 Å². The van der Waals surface area contributed by atoms with Crippen molar-refractivity contribution in [3.8, 4) is 0 Å². The van der Waals surface area contributed by atoms with Crippen LogP contribution in [0.4, 0.5) is 0 Å². The predicted octanol–water partition coefficient (Wildman–Crippen LogP) is 1.69. The Bertz CT molecular complexity index is 240. The van der Waals surface area contributed by atoms with E-state index in [2.05, 4.69) is 18.8 Å². The molecule has 0 bridgehead atoms. The largest absolute Gasteiger partial charge is 0.440 e. The van der Waals surface area contributed by atoms with Gasteiger partial charge in [0.05, 0.1) is 5.69 Å². The van der Waals surface area contributed by atoms with Crippen molar-refractivity contribution in [2.75, 3.05) is 0 Å². The molecule has 0 unspecified atom stereocenters. The van der Waals surface area contributed by atoms with Gasteiger partial charge >= 0.3 is 0 Å². The van der Waals surface area contributed by atoms with Crippen LogP contribution >= 0.6 is 0 Å². The Morgan fingerprint density at radius 1 is 1.73 bits per heavy atom. The Morgan fingerprint density at radius 2 is 2.45 bits per heavy atom. The van der Waals surface area contributed by atoms with Crippen molar-refractivity contribution in [1.82, 2.24) is 4.98 Å². The molecule has 0 aliphatic carbocycles. The van der Waals surface area contributed by atoms with Gasteiger partial charge in [-0.05, 0) is 12.3 Å². The molecule has 3 nitrogen and oxygen atoms in total. The highest BCUT2D eigenvalue weighted by atomic mass is 16.3. The quantitative estimate of drug-likeness (QED) is 0.620. The fourth-order valence-corrected chi connectivity index (χ4v) is 0.914. The van der Waals surface area contributed by atoms with Gasteiger partial charge < -0.3 is 4.42 Å². The number of carbonyl (C=O) groups is 1. The van der Waals surface area contributed by atoms with Gasteiger partial charge in [0.1, 0.15) is 0 Å². The summed E-state index contributed by atoms with van der Waals surface area (Å²) >= 11 is 0. The molecular weight excluding hydrogens is 142 g/mol. The van der Waals surface area contributed by atoms with E-state index in [1.165, 1.54) is 6.39 Å². The van der Waals surface area contributed by atoms with Crippen LogP contribution in [0.15, 0.2) is 10.8 Å². The van der Waals surface area contributed by atoms with Crippen LogP contribution in [0, 0.1) is 5.92 Å². The molecule has 1 aromatic rings. The van der Waals surface area contributed by atoms with Crippen LogP contribution in [0.5, 0.6) is 0 Å². The molecule has 11 heavy (non-hydrogen) atoms. The molecule has 1 rings (SSSR count). The molecule has 0 aliphatic rings. The van der Waals surface area contributed by atoms with Gasteiger partial charge in [-0.25, -0.2) is 4.98 Å². The highest BCUT2D eigenvalue weighted by Gasteiger charge is 2.07. The van der Waals surface area contributed by atoms with Gasteiger partial charge in [-0.3, -0.25) is 4.79 Å². The van der Waals surface area contributed by atoms with Crippen molar-refractivity contribution in [2.45, 2.75) is 20.3 Å². The lowest BCUT2D eigenvalue weighted by Crippen LogP contribution is -1.97. The van der Waals surface area contributed by atoms with Gasteiger partial charge in [0.2, 0.25) is 0 Å². The van der Waals surface area contributed by atoms with Gasteiger partial charge in [-0.1, -0.05) is 13.8 Å². The molecular formula is C8H11NO2.